The van der Waals surface area contributed by atoms with E-state index in [1.165, 1.54) is 7.11 Å². The van der Waals surface area contributed by atoms with E-state index in [2.05, 4.69) is 20.2 Å². The molecule has 0 spiro atoms. The molecule has 1 N–H and O–H groups in total. The van der Waals surface area contributed by atoms with Crippen molar-refractivity contribution in [3.8, 4) is 0 Å². The van der Waals surface area contributed by atoms with Crippen molar-refractivity contribution in [2.24, 2.45) is 0 Å². The summed E-state index contributed by atoms with van der Waals surface area (Å²) in [6.45, 7) is 4.28. The Morgan fingerprint density at radius 1 is 1.62 bits per heavy atom. The van der Waals surface area contributed by atoms with Gasteiger partial charge < -0.3 is 14.6 Å². The standard InChI is InChI=1S/C10H17N3O3/c1-4-8(10(14)15-3)11-6-5-9-12-7(2)16-13-9/h8,11H,4-6H2,1-3H3. The Bertz CT molecular complexity index is 338. The van der Waals surface area contributed by atoms with Gasteiger partial charge in [0.15, 0.2) is 5.82 Å². The average Bonchev–Trinajstić information content (AvgIpc) is 2.69. The van der Waals surface area contributed by atoms with Crippen LogP contribution < -0.4 is 5.32 Å². The van der Waals surface area contributed by atoms with Gasteiger partial charge in [0.2, 0.25) is 5.89 Å². The van der Waals surface area contributed by atoms with Crippen LogP contribution in [0.25, 0.3) is 0 Å². The van der Waals surface area contributed by atoms with Crippen LogP contribution in [0.2, 0.25) is 0 Å². The summed E-state index contributed by atoms with van der Waals surface area (Å²) in [4.78, 5) is 15.3. The minimum absolute atomic E-state index is 0.244. The molecule has 0 aliphatic carbocycles. The molecule has 1 heterocycles. The number of nitrogens with one attached hydrogen (secondary N) is 1. The number of carbonyl (C=O) groups excluding carboxylic acids is 1. The Morgan fingerprint density at radius 3 is 2.88 bits per heavy atom. The molecular weight excluding hydrogens is 210 g/mol. The summed E-state index contributed by atoms with van der Waals surface area (Å²) in [7, 11) is 1.38. The van der Waals surface area contributed by atoms with E-state index in [4.69, 9.17) is 4.52 Å². The highest BCUT2D eigenvalue weighted by Crippen LogP contribution is 1.97. The van der Waals surface area contributed by atoms with Gasteiger partial charge in [-0.3, -0.25) is 4.79 Å². The molecule has 0 aliphatic heterocycles. The lowest BCUT2D eigenvalue weighted by molar-refractivity contribution is -0.143. The highest BCUT2D eigenvalue weighted by molar-refractivity contribution is 5.75. The Morgan fingerprint density at radius 2 is 2.38 bits per heavy atom. The van der Waals surface area contributed by atoms with Gasteiger partial charge in [-0.25, -0.2) is 0 Å². The molecule has 6 heteroatoms. The largest absolute Gasteiger partial charge is 0.468 e. The van der Waals surface area contributed by atoms with E-state index in [0.717, 1.165) is 0 Å². The third-order valence-electron chi connectivity index (χ3n) is 2.20. The number of hydrogen-bond acceptors (Lipinski definition) is 6. The third-order valence-corrected chi connectivity index (χ3v) is 2.20. The van der Waals surface area contributed by atoms with E-state index in [-0.39, 0.29) is 12.0 Å². The number of esters is 1. The maximum atomic E-state index is 11.3. The molecule has 1 atom stereocenters. The van der Waals surface area contributed by atoms with Crippen LogP contribution in [0.1, 0.15) is 25.1 Å². The van der Waals surface area contributed by atoms with Crippen molar-refractivity contribution in [2.75, 3.05) is 13.7 Å². The first-order chi connectivity index (χ1) is 7.67. The molecule has 0 saturated heterocycles. The van der Waals surface area contributed by atoms with Gasteiger partial charge in [0.1, 0.15) is 6.04 Å². The molecule has 90 valence electrons. The second kappa shape index (κ2) is 6.22. The van der Waals surface area contributed by atoms with Crippen LogP contribution >= 0.6 is 0 Å². The monoisotopic (exact) mass is 227 g/mol. The van der Waals surface area contributed by atoms with Crippen LogP contribution in [-0.4, -0.2) is 35.8 Å². The zero-order valence-corrected chi connectivity index (χ0v) is 9.82. The van der Waals surface area contributed by atoms with E-state index in [0.29, 0.717) is 31.1 Å². The van der Waals surface area contributed by atoms with E-state index >= 15 is 0 Å². The summed E-state index contributed by atoms with van der Waals surface area (Å²) in [6, 6.07) is -0.266. The predicted octanol–water partition coefficient (Wildman–Crippen LogP) is 0.462. The molecule has 1 aromatic heterocycles. The lowest BCUT2D eigenvalue weighted by Crippen LogP contribution is -2.38. The van der Waals surface area contributed by atoms with Crippen LogP contribution in [-0.2, 0) is 16.0 Å². The maximum absolute atomic E-state index is 11.3. The van der Waals surface area contributed by atoms with Gasteiger partial charge in [0.25, 0.3) is 0 Å². The Labute approximate surface area is 94.4 Å². The van der Waals surface area contributed by atoms with Crippen LogP contribution in [0.15, 0.2) is 4.52 Å². The molecule has 6 nitrogen and oxygen atoms in total. The minimum atomic E-state index is -0.266. The molecular formula is C10H17N3O3. The third kappa shape index (κ3) is 3.62. The Kier molecular flexibility index (Phi) is 4.91. The SMILES string of the molecule is CCC(NCCc1noc(C)n1)C(=O)OC. The molecule has 0 aliphatic rings. The molecule has 1 aromatic rings. The second-order valence-corrected chi connectivity index (χ2v) is 3.42. The summed E-state index contributed by atoms with van der Waals surface area (Å²) in [6.07, 6.45) is 1.32. The number of nitrogens with zero attached hydrogens (tertiary/aromatic N) is 2. The van der Waals surface area contributed by atoms with Crippen LogP contribution in [0.3, 0.4) is 0 Å². The fourth-order valence-electron chi connectivity index (χ4n) is 1.34. The molecule has 1 rings (SSSR count). The normalized spacial score (nSPS) is 12.4. The zero-order valence-electron chi connectivity index (χ0n) is 9.82. The molecule has 0 amide bonds. The highest BCUT2D eigenvalue weighted by atomic mass is 16.5. The molecule has 0 bridgehead atoms. The quantitative estimate of drug-likeness (QED) is 0.711. The lowest BCUT2D eigenvalue weighted by Gasteiger charge is -2.13. The second-order valence-electron chi connectivity index (χ2n) is 3.42. The van der Waals surface area contributed by atoms with Gasteiger partial charge in [0, 0.05) is 19.9 Å². The van der Waals surface area contributed by atoms with Gasteiger partial charge in [-0.05, 0) is 6.42 Å². The number of hydrogen-bond donors (Lipinski definition) is 1. The fraction of sp³-hybridized carbons (Fsp3) is 0.700. The molecule has 0 aromatic carbocycles. The van der Waals surface area contributed by atoms with Crippen molar-refractivity contribution >= 4 is 5.97 Å². The van der Waals surface area contributed by atoms with Crippen molar-refractivity contribution < 1.29 is 14.1 Å². The van der Waals surface area contributed by atoms with Crippen molar-refractivity contribution in [2.45, 2.75) is 32.7 Å². The topological polar surface area (TPSA) is 77.3 Å². The van der Waals surface area contributed by atoms with Gasteiger partial charge in [-0.2, -0.15) is 4.98 Å². The summed E-state index contributed by atoms with van der Waals surface area (Å²) in [5.74, 6) is 0.950. The number of rotatable bonds is 6. The lowest BCUT2D eigenvalue weighted by atomic mass is 10.2. The number of carbonyl (C=O) groups is 1. The van der Waals surface area contributed by atoms with Gasteiger partial charge >= 0.3 is 5.97 Å². The molecule has 0 radical (unpaired) electrons. The summed E-state index contributed by atoms with van der Waals surface area (Å²) < 4.78 is 9.50. The van der Waals surface area contributed by atoms with Crippen molar-refractivity contribution in [1.29, 1.82) is 0 Å². The smallest absolute Gasteiger partial charge is 0.322 e. The van der Waals surface area contributed by atoms with E-state index < -0.39 is 0 Å². The highest BCUT2D eigenvalue weighted by Gasteiger charge is 2.15. The molecule has 0 fully saturated rings. The Balaban J connectivity index is 2.31. The van der Waals surface area contributed by atoms with Crippen LogP contribution in [0.5, 0.6) is 0 Å². The number of methoxy groups -OCH3 is 1. The maximum Gasteiger partial charge on any atom is 0.322 e. The minimum Gasteiger partial charge on any atom is -0.468 e. The van der Waals surface area contributed by atoms with E-state index in [1.807, 2.05) is 6.92 Å². The van der Waals surface area contributed by atoms with E-state index in [9.17, 15) is 4.79 Å². The van der Waals surface area contributed by atoms with Crippen molar-refractivity contribution in [3.63, 3.8) is 0 Å². The first-order valence-electron chi connectivity index (χ1n) is 5.27. The predicted molar refractivity (Wildman–Crippen MR) is 56.8 cm³/mol. The van der Waals surface area contributed by atoms with Gasteiger partial charge in [0.05, 0.1) is 7.11 Å². The Hall–Kier alpha value is -1.43. The van der Waals surface area contributed by atoms with Crippen LogP contribution in [0.4, 0.5) is 0 Å². The first kappa shape index (κ1) is 12.6. The fourth-order valence-corrected chi connectivity index (χ4v) is 1.34. The van der Waals surface area contributed by atoms with Gasteiger partial charge in [-0.1, -0.05) is 12.1 Å². The summed E-state index contributed by atoms with van der Waals surface area (Å²) >= 11 is 0. The first-order valence-corrected chi connectivity index (χ1v) is 5.27. The van der Waals surface area contributed by atoms with E-state index in [1.54, 1.807) is 6.92 Å². The number of aryl methyl sites for hydroxylation is 1. The number of aromatic nitrogens is 2. The average molecular weight is 227 g/mol. The van der Waals surface area contributed by atoms with Crippen molar-refractivity contribution in [3.05, 3.63) is 11.7 Å². The molecule has 0 saturated carbocycles. The molecule has 1 unspecified atom stereocenters. The molecule has 16 heavy (non-hydrogen) atoms. The van der Waals surface area contributed by atoms with Gasteiger partial charge in [-0.15, -0.1) is 0 Å². The summed E-state index contributed by atoms with van der Waals surface area (Å²) in [5.41, 5.74) is 0. The summed E-state index contributed by atoms with van der Waals surface area (Å²) in [5, 5.41) is 6.84. The number of ether oxygens (including phenoxy) is 1. The van der Waals surface area contributed by atoms with Crippen LogP contribution in [0, 0.1) is 6.92 Å². The van der Waals surface area contributed by atoms with Crippen molar-refractivity contribution in [1.82, 2.24) is 15.5 Å². The zero-order chi connectivity index (χ0) is 12.0.